The first kappa shape index (κ1) is 11.6. The molecule has 0 saturated carbocycles. The van der Waals surface area contributed by atoms with Gasteiger partial charge in [-0.3, -0.25) is 0 Å². The predicted molar refractivity (Wildman–Crippen MR) is 47.1 cm³/mol. The number of alkyl halides is 3. The Kier molecular flexibility index (Phi) is 3.06. The van der Waals surface area contributed by atoms with Crippen LogP contribution in [0, 0.1) is 5.82 Å². The predicted octanol–water partition coefficient (Wildman–Crippen LogP) is 2.52. The third kappa shape index (κ3) is 3.00. The number of hydrogen-bond donors (Lipinski definition) is 1. The van der Waals surface area contributed by atoms with Gasteiger partial charge < -0.3 is 10.5 Å². The molecule has 84 valence electrons. The number of ether oxygens (including phenoxy) is 1. The molecule has 1 aromatic rings. The van der Waals surface area contributed by atoms with E-state index in [-0.39, 0.29) is 17.0 Å². The molecule has 0 unspecified atom stereocenters. The van der Waals surface area contributed by atoms with Gasteiger partial charge in [0.25, 0.3) is 0 Å². The van der Waals surface area contributed by atoms with Gasteiger partial charge in [-0.05, 0) is 17.7 Å². The number of nitrogens with two attached hydrogens (primary N) is 1. The smallest absolute Gasteiger partial charge is 0.393 e. The maximum absolute atomic E-state index is 13.1. The zero-order valence-electron chi connectivity index (χ0n) is 7.86. The van der Waals surface area contributed by atoms with Gasteiger partial charge >= 0.3 is 6.18 Å². The van der Waals surface area contributed by atoms with Crippen LogP contribution in [0.5, 0.6) is 5.75 Å². The molecule has 1 rings (SSSR count). The van der Waals surface area contributed by atoms with Crippen LogP contribution in [0.1, 0.15) is 5.56 Å². The van der Waals surface area contributed by atoms with Crippen LogP contribution in [-0.4, -0.2) is 13.3 Å². The summed E-state index contributed by atoms with van der Waals surface area (Å²) in [4.78, 5) is 0. The third-order valence-electron chi connectivity index (χ3n) is 1.74. The van der Waals surface area contributed by atoms with Gasteiger partial charge in [-0.25, -0.2) is 4.39 Å². The van der Waals surface area contributed by atoms with Crippen LogP contribution in [0.2, 0.25) is 0 Å². The maximum atomic E-state index is 13.1. The van der Waals surface area contributed by atoms with Gasteiger partial charge in [-0.2, -0.15) is 13.2 Å². The van der Waals surface area contributed by atoms with E-state index in [2.05, 4.69) is 4.74 Å². The molecule has 0 aliphatic carbocycles. The van der Waals surface area contributed by atoms with Crippen molar-refractivity contribution in [1.82, 2.24) is 0 Å². The molecule has 0 amide bonds. The highest BCUT2D eigenvalue weighted by atomic mass is 19.4. The molecule has 0 fully saturated rings. The van der Waals surface area contributed by atoms with E-state index in [0.29, 0.717) is 0 Å². The average molecular weight is 223 g/mol. The maximum Gasteiger partial charge on any atom is 0.393 e. The topological polar surface area (TPSA) is 35.2 Å². The van der Waals surface area contributed by atoms with Gasteiger partial charge in [0.2, 0.25) is 0 Å². The number of halogens is 4. The van der Waals surface area contributed by atoms with Crippen LogP contribution in [0.3, 0.4) is 0 Å². The van der Waals surface area contributed by atoms with Crippen molar-refractivity contribution in [2.45, 2.75) is 12.6 Å². The summed E-state index contributed by atoms with van der Waals surface area (Å²) in [7, 11) is 1.19. The van der Waals surface area contributed by atoms with E-state index >= 15 is 0 Å². The van der Waals surface area contributed by atoms with E-state index in [0.717, 1.165) is 12.1 Å². The normalized spacial score (nSPS) is 11.5. The Morgan fingerprint density at radius 2 is 1.93 bits per heavy atom. The second-order valence-corrected chi connectivity index (χ2v) is 2.99. The molecule has 0 heterocycles. The van der Waals surface area contributed by atoms with Crippen molar-refractivity contribution in [3.05, 3.63) is 23.5 Å². The van der Waals surface area contributed by atoms with Crippen molar-refractivity contribution in [2.24, 2.45) is 0 Å². The first-order chi connectivity index (χ1) is 6.83. The molecule has 1 aromatic carbocycles. The summed E-state index contributed by atoms with van der Waals surface area (Å²) in [6.45, 7) is 0. The van der Waals surface area contributed by atoms with E-state index < -0.39 is 18.4 Å². The monoisotopic (exact) mass is 223 g/mol. The molecule has 0 aromatic heterocycles. The molecular weight excluding hydrogens is 214 g/mol. The van der Waals surface area contributed by atoms with E-state index in [4.69, 9.17) is 5.73 Å². The fourth-order valence-electron chi connectivity index (χ4n) is 1.22. The van der Waals surface area contributed by atoms with Crippen LogP contribution in [0.4, 0.5) is 23.2 Å². The molecule has 0 radical (unpaired) electrons. The van der Waals surface area contributed by atoms with Gasteiger partial charge in [0, 0.05) is 0 Å². The van der Waals surface area contributed by atoms with Crippen LogP contribution in [-0.2, 0) is 6.42 Å². The van der Waals surface area contributed by atoms with Gasteiger partial charge in [0.15, 0.2) is 11.6 Å². The van der Waals surface area contributed by atoms with Gasteiger partial charge in [-0.15, -0.1) is 0 Å². The van der Waals surface area contributed by atoms with Gasteiger partial charge in [-0.1, -0.05) is 0 Å². The number of nitrogen functional groups attached to an aromatic ring is 1. The van der Waals surface area contributed by atoms with Crippen molar-refractivity contribution < 1.29 is 22.3 Å². The molecular formula is C9H9F4NO. The fraction of sp³-hybridized carbons (Fsp3) is 0.333. The summed E-state index contributed by atoms with van der Waals surface area (Å²) in [5, 5.41) is 0. The van der Waals surface area contributed by atoms with Crippen molar-refractivity contribution in [3.8, 4) is 5.75 Å². The average Bonchev–Trinajstić information content (AvgIpc) is 1.99. The van der Waals surface area contributed by atoms with Crippen LogP contribution >= 0.6 is 0 Å². The van der Waals surface area contributed by atoms with Crippen LogP contribution in [0.15, 0.2) is 12.1 Å². The summed E-state index contributed by atoms with van der Waals surface area (Å²) >= 11 is 0. The molecule has 6 heteroatoms. The molecule has 0 aliphatic heterocycles. The highest BCUT2D eigenvalue weighted by molar-refractivity contribution is 5.55. The number of rotatable bonds is 2. The minimum absolute atomic E-state index is 0.142. The molecule has 2 nitrogen and oxygen atoms in total. The second kappa shape index (κ2) is 3.96. The minimum atomic E-state index is -4.38. The SMILES string of the molecule is COc1c(N)cc(CC(F)(F)F)cc1F. The zero-order chi connectivity index (χ0) is 11.6. The van der Waals surface area contributed by atoms with E-state index in [1.807, 2.05) is 0 Å². The van der Waals surface area contributed by atoms with Crippen molar-refractivity contribution in [2.75, 3.05) is 12.8 Å². The Labute approximate surface area is 83.6 Å². The summed E-state index contributed by atoms with van der Waals surface area (Å²) < 4.78 is 53.7. The second-order valence-electron chi connectivity index (χ2n) is 2.99. The molecule has 2 N–H and O–H groups in total. The van der Waals surface area contributed by atoms with Crippen molar-refractivity contribution in [1.29, 1.82) is 0 Å². The lowest BCUT2D eigenvalue weighted by Gasteiger charge is -2.10. The van der Waals surface area contributed by atoms with Crippen molar-refractivity contribution >= 4 is 5.69 Å². The van der Waals surface area contributed by atoms with E-state index in [1.165, 1.54) is 7.11 Å². The lowest BCUT2D eigenvalue weighted by atomic mass is 10.1. The number of anilines is 1. The van der Waals surface area contributed by atoms with Crippen LogP contribution in [0.25, 0.3) is 0 Å². The first-order valence-corrected chi connectivity index (χ1v) is 4.02. The number of methoxy groups -OCH3 is 1. The zero-order valence-corrected chi connectivity index (χ0v) is 7.86. The van der Waals surface area contributed by atoms with Crippen LogP contribution < -0.4 is 10.5 Å². The minimum Gasteiger partial charge on any atom is -0.492 e. The van der Waals surface area contributed by atoms with E-state index in [1.54, 1.807) is 0 Å². The van der Waals surface area contributed by atoms with Gasteiger partial charge in [0.05, 0.1) is 19.2 Å². The summed E-state index contributed by atoms with van der Waals surface area (Å²) in [5.41, 5.74) is 4.95. The molecule has 0 atom stereocenters. The summed E-state index contributed by atoms with van der Waals surface area (Å²) in [6, 6.07) is 1.82. The largest absolute Gasteiger partial charge is 0.492 e. The molecule has 15 heavy (non-hydrogen) atoms. The van der Waals surface area contributed by atoms with E-state index in [9.17, 15) is 17.6 Å². The Balaban J connectivity index is 3.04. The number of hydrogen-bond acceptors (Lipinski definition) is 2. The lowest BCUT2D eigenvalue weighted by Crippen LogP contribution is -2.12. The Morgan fingerprint density at radius 3 is 2.33 bits per heavy atom. The highest BCUT2D eigenvalue weighted by Crippen LogP contribution is 2.29. The molecule has 0 aliphatic rings. The molecule has 0 spiro atoms. The first-order valence-electron chi connectivity index (χ1n) is 4.02. The molecule has 0 bridgehead atoms. The van der Waals surface area contributed by atoms with Crippen molar-refractivity contribution in [3.63, 3.8) is 0 Å². The van der Waals surface area contributed by atoms with Gasteiger partial charge in [0.1, 0.15) is 0 Å². The lowest BCUT2D eigenvalue weighted by molar-refractivity contribution is -0.127. The standard InChI is InChI=1S/C9H9F4NO/c1-15-8-6(10)2-5(3-7(8)14)4-9(11,12)13/h2-3H,4,14H2,1H3. The number of benzene rings is 1. The Bertz CT molecular complexity index is 339. The highest BCUT2D eigenvalue weighted by Gasteiger charge is 2.28. The third-order valence-corrected chi connectivity index (χ3v) is 1.74. The Morgan fingerprint density at radius 1 is 1.33 bits per heavy atom. The summed E-state index contributed by atoms with van der Waals surface area (Å²) in [5.74, 6) is -1.13. The summed E-state index contributed by atoms with van der Waals surface area (Å²) in [6.07, 6.45) is -5.59. The molecule has 0 saturated heterocycles. The Hall–Kier alpha value is -1.46. The quantitative estimate of drug-likeness (QED) is 0.617. The fourth-order valence-corrected chi connectivity index (χ4v) is 1.22.